The minimum absolute atomic E-state index is 0.126. The van der Waals surface area contributed by atoms with E-state index in [9.17, 15) is 4.79 Å². The van der Waals surface area contributed by atoms with Crippen molar-refractivity contribution in [2.45, 2.75) is 20.4 Å². The predicted molar refractivity (Wildman–Crippen MR) is 123 cm³/mol. The van der Waals surface area contributed by atoms with E-state index >= 15 is 0 Å². The summed E-state index contributed by atoms with van der Waals surface area (Å²) in [4.78, 5) is 22.9. The number of hydrogen-bond acceptors (Lipinski definition) is 6. The summed E-state index contributed by atoms with van der Waals surface area (Å²) in [6, 6.07) is 13.5. The van der Waals surface area contributed by atoms with Crippen LogP contribution in [0.5, 0.6) is 0 Å². The largest absolute Gasteiger partial charge is 0.337 e. The first-order valence-electron chi connectivity index (χ1n) is 9.63. The van der Waals surface area contributed by atoms with Gasteiger partial charge in [-0.1, -0.05) is 47.1 Å². The van der Waals surface area contributed by atoms with Crippen LogP contribution in [0.15, 0.2) is 63.5 Å². The van der Waals surface area contributed by atoms with E-state index in [2.05, 4.69) is 41.1 Å². The van der Waals surface area contributed by atoms with Crippen molar-refractivity contribution in [2.24, 2.45) is 0 Å². The fourth-order valence-electron chi connectivity index (χ4n) is 3.42. The van der Waals surface area contributed by atoms with E-state index < -0.39 is 0 Å². The van der Waals surface area contributed by atoms with Gasteiger partial charge in [-0.2, -0.15) is 4.98 Å². The summed E-state index contributed by atoms with van der Waals surface area (Å²) in [5.41, 5.74) is 4.82. The van der Waals surface area contributed by atoms with Gasteiger partial charge in [0.05, 0.1) is 16.7 Å². The molecule has 2 aromatic carbocycles. The Hall–Kier alpha value is -3.29. The Kier molecular flexibility index (Phi) is 4.92. The molecule has 3 heterocycles. The lowest BCUT2D eigenvalue weighted by Gasteiger charge is -2.06. The molecule has 0 aliphatic heterocycles. The maximum atomic E-state index is 13.3. The highest BCUT2D eigenvalue weighted by molar-refractivity contribution is 7.17. The second-order valence-electron chi connectivity index (χ2n) is 7.30. The van der Waals surface area contributed by atoms with Crippen LogP contribution in [0.4, 0.5) is 0 Å². The monoisotopic (exact) mass is 448 g/mol. The van der Waals surface area contributed by atoms with Crippen molar-refractivity contribution in [2.75, 3.05) is 0 Å². The van der Waals surface area contributed by atoms with Gasteiger partial charge in [-0.3, -0.25) is 9.36 Å². The van der Waals surface area contributed by atoms with Crippen LogP contribution in [-0.4, -0.2) is 19.7 Å². The number of rotatable bonds is 4. The number of halogens is 1. The Bertz CT molecular complexity index is 1480. The van der Waals surface area contributed by atoms with E-state index in [-0.39, 0.29) is 12.1 Å². The number of fused-ring (bicyclic) bond motifs is 1. The molecular formula is C23H17ClN4O2S. The number of aromatic nitrogens is 4. The molecule has 0 fully saturated rings. The van der Waals surface area contributed by atoms with E-state index in [0.717, 1.165) is 11.1 Å². The van der Waals surface area contributed by atoms with Crippen molar-refractivity contribution in [1.82, 2.24) is 19.7 Å². The lowest BCUT2D eigenvalue weighted by molar-refractivity contribution is 0.369. The molecule has 5 aromatic rings. The first kappa shape index (κ1) is 19.7. The normalized spacial score (nSPS) is 11.3. The van der Waals surface area contributed by atoms with E-state index in [0.29, 0.717) is 32.5 Å². The lowest BCUT2D eigenvalue weighted by atomic mass is 10.0. The van der Waals surface area contributed by atoms with Gasteiger partial charge in [0.2, 0.25) is 11.7 Å². The molecule has 6 nitrogen and oxygen atoms in total. The standard InChI is InChI=1S/C23H17ClN4O2S/c1-13-7-8-15(9-14(13)2)17-11-31-22-20(17)23(29)28(12-25-22)10-19-26-21(27-30-19)16-5-3-4-6-18(16)24/h3-9,11-12H,10H2,1-2H3. The first-order chi connectivity index (χ1) is 15.0. The molecule has 0 amide bonds. The van der Waals surface area contributed by atoms with Crippen LogP contribution in [0.25, 0.3) is 32.7 Å². The number of thiophene rings is 1. The van der Waals surface area contributed by atoms with Crippen LogP contribution < -0.4 is 5.56 Å². The average Bonchev–Trinajstić information content (AvgIpc) is 3.40. The highest BCUT2D eigenvalue weighted by Gasteiger charge is 2.16. The van der Waals surface area contributed by atoms with E-state index in [1.54, 1.807) is 6.07 Å². The Labute approximate surface area is 186 Å². The van der Waals surface area contributed by atoms with Crippen molar-refractivity contribution in [3.8, 4) is 22.5 Å². The van der Waals surface area contributed by atoms with Crippen molar-refractivity contribution < 1.29 is 4.52 Å². The molecule has 0 unspecified atom stereocenters. The summed E-state index contributed by atoms with van der Waals surface area (Å²) in [7, 11) is 0. The Morgan fingerprint density at radius 2 is 1.94 bits per heavy atom. The van der Waals surface area contributed by atoms with E-state index in [4.69, 9.17) is 16.1 Å². The third-order valence-corrected chi connectivity index (χ3v) is 6.48. The molecule has 0 spiro atoms. The predicted octanol–water partition coefficient (Wildman–Crippen LogP) is 5.49. The van der Waals surface area contributed by atoms with Gasteiger partial charge in [0, 0.05) is 16.5 Å². The number of nitrogens with zero attached hydrogens (tertiary/aromatic N) is 4. The molecule has 0 bridgehead atoms. The Balaban J connectivity index is 1.53. The van der Waals surface area contributed by atoms with Crippen LogP contribution >= 0.6 is 22.9 Å². The molecule has 0 aliphatic carbocycles. The summed E-state index contributed by atoms with van der Waals surface area (Å²) >= 11 is 7.68. The summed E-state index contributed by atoms with van der Waals surface area (Å²) in [6.45, 7) is 4.26. The summed E-state index contributed by atoms with van der Waals surface area (Å²) in [5.74, 6) is 0.690. The number of benzene rings is 2. The minimum Gasteiger partial charge on any atom is -0.337 e. The van der Waals surface area contributed by atoms with Crippen molar-refractivity contribution in [3.63, 3.8) is 0 Å². The molecule has 31 heavy (non-hydrogen) atoms. The van der Waals surface area contributed by atoms with Gasteiger partial charge in [0.15, 0.2) is 0 Å². The van der Waals surface area contributed by atoms with Gasteiger partial charge in [0.25, 0.3) is 5.56 Å². The summed E-state index contributed by atoms with van der Waals surface area (Å²) in [5, 5.41) is 7.12. The quantitative estimate of drug-likeness (QED) is 0.363. The fraction of sp³-hybridized carbons (Fsp3) is 0.130. The Morgan fingerprint density at radius 3 is 2.74 bits per heavy atom. The van der Waals surface area contributed by atoms with E-state index in [1.165, 1.54) is 33.4 Å². The lowest BCUT2D eigenvalue weighted by Crippen LogP contribution is -2.21. The van der Waals surface area contributed by atoms with Gasteiger partial charge in [-0.15, -0.1) is 11.3 Å². The maximum absolute atomic E-state index is 13.3. The van der Waals surface area contributed by atoms with Gasteiger partial charge < -0.3 is 4.52 Å². The second kappa shape index (κ2) is 7.76. The summed E-state index contributed by atoms with van der Waals surface area (Å²) in [6.07, 6.45) is 1.52. The van der Waals surface area contributed by atoms with Crippen LogP contribution in [-0.2, 0) is 6.54 Å². The molecule has 3 aromatic heterocycles. The minimum atomic E-state index is -0.142. The first-order valence-corrected chi connectivity index (χ1v) is 10.9. The van der Waals surface area contributed by atoms with Crippen LogP contribution in [0, 0.1) is 13.8 Å². The molecule has 154 valence electrons. The molecule has 0 saturated heterocycles. The topological polar surface area (TPSA) is 73.8 Å². The smallest absolute Gasteiger partial charge is 0.263 e. The van der Waals surface area contributed by atoms with E-state index in [1.807, 2.05) is 29.6 Å². The van der Waals surface area contributed by atoms with Crippen molar-refractivity contribution in [1.29, 1.82) is 0 Å². The molecule has 8 heteroatoms. The third kappa shape index (κ3) is 3.56. The van der Waals surface area contributed by atoms with Gasteiger partial charge >= 0.3 is 0 Å². The van der Waals surface area contributed by atoms with Gasteiger partial charge in [0.1, 0.15) is 11.4 Å². The highest BCUT2D eigenvalue weighted by atomic mass is 35.5. The third-order valence-electron chi connectivity index (χ3n) is 5.27. The SMILES string of the molecule is Cc1ccc(-c2csc3ncn(Cc4nc(-c5ccccc5Cl)no4)c(=O)c23)cc1C. The fourth-order valence-corrected chi connectivity index (χ4v) is 4.55. The number of hydrogen-bond donors (Lipinski definition) is 0. The van der Waals surface area contributed by atoms with Crippen LogP contribution in [0.3, 0.4) is 0 Å². The molecule has 0 aliphatic rings. The van der Waals surface area contributed by atoms with Crippen molar-refractivity contribution in [3.05, 3.63) is 86.6 Å². The second-order valence-corrected chi connectivity index (χ2v) is 8.56. The molecule has 0 radical (unpaired) electrons. The molecule has 0 atom stereocenters. The Morgan fingerprint density at radius 1 is 1.10 bits per heavy atom. The molecule has 5 rings (SSSR count). The van der Waals surface area contributed by atoms with Crippen LogP contribution in [0.1, 0.15) is 17.0 Å². The van der Waals surface area contributed by atoms with Gasteiger partial charge in [-0.05, 0) is 42.7 Å². The summed E-state index contributed by atoms with van der Waals surface area (Å²) < 4.78 is 6.86. The molecule has 0 saturated carbocycles. The average molecular weight is 449 g/mol. The van der Waals surface area contributed by atoms with Gasteiger partial charge in [-0.25, -0.2) is 4.98 Å². The zero-order valence-corrected chi connectivity index (χ0v) is 18.4. The highest BCUT2D eigenvalue weighted by Crippen LogP contribution is 2.31. The van der Waals surface area contributed by atoms with Crippen molar-refractivity contribution >= 4 is 33.2 Å². The zero-order valence-electron chi connectivity index (χ0n) is 16.8. The maximum Gasteiger partial charge on any atom is 0.263 e. The zero-order chi connectivity index (χ0) is 21.5. The van der Waals surface area contributed by atoms with Crippen LogP contribution in [0.2, 0.25) is 5.02 Å². The molecular weight excluding hydrogens is 432 g/mol. The number of aryl methyl sites for hydroxylation is 2. The molecule has 0 N–H and O–H groups in total.